The Balaban J connectivity index is 2.10. The van der Waals surface area contributed by atoms with Crippen molar-refractivity contribution in [1.29, 1.82) is 0 Å². The number of hydrogen-bond donors (Lipinski definition) is 1. The summed E-state index contributed by atoms with van der Waals surface area (Å²) in [7, 11) is -3.64. The van der Waals surface area contributed by atoms with Gasteiger partial charge >= 0.3 is 5.97 Å². The number of aliphatic imine (C=N–C) groups is 1. The molecule has 0 spiro atoms. The van der Waals surface area contributed by atoms with Crippen LogP contribution >= 0.6 is 11.6 Å². The summed E-state index contributed by atoms with van der Waals surface area (Å²) < 4.78 is 31.7. The van der Waals surface area contributed by atoms with E-state index < -0.39 is 27.6 Å². The molecule has 2 atom stereocenters. The van der Waals surface area contributed by atoms with Gasteiger partial charge in [0, 0.05) is 10.6 Å². The molecule has 0 unspecified atom stereocenters. The summed E-state index contributed by atoms with van der Waals surface area (Å²) in [5, 5.41) is 0.421. The third-order valence-corrected chi connectivity index (χ3v) is 4.93. The number of rotatable bonds is 5. The maximum Gasteiger partial charge on any atom is 0.342 e. The van der Waals surface area contributed by atoms with Gasteiger partial charge in [0.1, 0.15) is 0 Å². The molecule has 1 N–H and O–H groups in total. The van der Waals surface area contributed by atoms with Gasteiger partial charge < -0.3 is 4.74 Å². The molecule has 0 amide bonds. The number of carbonyl (C=O) groups excluding carboxylic acids is 1. The van der Waals surface area contributed by atoms with Crippen LogP contribution in [0.4, 0.5) is 0 Å². The van der Waals surface area contributed by atoms with Crippen LogP contribution in [0.1, 0.15) is 24.1 Å². The average molecular weight is 393 g/mol. The molecule has 2 aromatic carbocycles. The molecular weight excluding hydrogens is 376 g/mol. The van der Waals surface area contributed by atoms with Crippen molar-refractivity contribution in [2.75, 3.05) is 6.26 Å². The fraction of sp³-hybridized carbons (Fsp3) is 0.222. The van der Waals surface area contributed by atoms with E-state index in [1.807, 2.05) is 6.07 Å². The van der Waals surface area contributed by atoms with Gasteiger partial charge in [-0.3, -0.25) is 0 Å². The van der Waals surface area contributed by atoms with E-state index in [9.17, 15) is 13.2 Å². The molecule has 0 aliphatic carbocycles. The lowest BCUT2D eigenvalue weighted by atomic mass is 9.88. The topological polar surface area (TPSA) is 84.8 Å². The molecule has 2 aromatic rings. The second-order valence-electron chi connectivity index (χ2n) is 6.20. The lowest BCUT2D eigenvalue weighted by Gasteiger charge is -2.28. The van der Waals surface area contributed by atoms with Crippen molar-refractivity contribution < 1.29 is 17.9 Å². The SMILES string of the molecule is C[C@]1([C@H](NS(C)(=O)=O)c2cccc(Cl)c2)N=C(c2ccccc2)OC1=O. The molecular formula is C18H17ClN2O4S. The second kappa shape index (κ2) is 6.83. The highest BCUT2D eigenvalue weighted by Crippen LogP contribution is 2.36. The number of ether oxygens (including phenoxy) is 1. The van der Waals surface area contributed by atoms with Crippen molar-refractivity contribution in [3.63, 3.8) is 0 Å². The van der Waals surface area contributed by atoms with Crippen LogP contribution in [-0.4, -0.2) is 32.1 Å². The molecule has 26 heavy (non-hydrogen) atoms. The van der Waals surface area contributed by atoms with E-state index in [4.69, 9.17) is 16.3 Å². The Bertz CT molecular complexity index is 976. The quantitative estimate of drug-likeness (QED) is 0.793. The number of halogens is 1. The number of cyclic esters (lactones) is 1. The maximum atomic E-state index is 12.7. The Morgan fingerprint density at radius 3 is 2.46 bits per heavy atom. The summed E-state index contributed by atoms with van der Waals surface area (Å²) in [5.41, 5.74) is -0.326. The van der Waals surface area contributed by atoms with Crippen molar-refractivity contribution in [2.24, 2.45) is 4.99 Å². The fourth-order valence-corrected chi connectivity index (χ4v) is 3.76. The number of benzene rings is 2. The standard InChI is InChI=1S/C18H17ClN2O4S/c1-18(17(22)25-16(20-18)12-7-4-3-5-8-12)15(21-26(2,23)24)13-9-6-10-14(19)11-13/h3-11,15,21H,1-2H3/t15-,18-/m1/s1. The maximum absolute atomic E-state index is 12.7. The molecule has 0 aromatic heterocycles. The van der Waals surface area contributed by atoms with Crippen LogP contribution in [0.15, 0.2) is 59.6 Å². The van der Waals surface area contributed by atoms with E-state index in [0.29, 0.717) is 16.1 Å². The first-order chi connectivity index (χ1) is 12.2. The highest BCUT2D eigenvalue weighted by atomic mass is 35.5. The van der Waals surface area contributed by atoms with E-state index in [-0.39, 0.29) is 5.90 Å². The first kappa shape index (κ1) is 18.6. The highest BCUT2D eigenvalue weighted by molar-refractivity contribution is 7.88. The van der Waals surface area contributed by atoms with Gasteiger partial charge in [0.15, 0.2) is 5.54 Å². The molecule has 0 fully saturated rings. The molecule has 0 saturated carbocycles. The Morgan fingerprint density at radius 2 is 1.85 bits per heavy atom. The van der Waals surface area contributed by atoms with Crippen molar-refractivity contribution in [3.8, 4) is 0 Å². The predicted molar refractivity (Wildman–Crippen MR) is 99.6 cm³/mol. The Morgan fingerprint density at radius 1 is 1.15 bits per heavy atom. The summed E-state index contributed by atoms with van der Waals surface area (Å²) >= 11 is 6.04. The third-order valence-electron chi connectivity index (χ3n) is 4.03. The van der Waals surface area contributed by atoms with E-state index in [1.54, 1.807) is 48.5 Å². The summed E-state index contributed by atoms with van der Waals surface area (Å²) in [6.45, 7) is 1.54. The highest BCUT2D eigenvalue weighted by Gasteiger charge is 2.50. The van der Waals surface area contributed by atoms with E-state index >= 15 is 0 Å². The molecule has 8 heteroatoms. The van der Waals surface area contributed by atoms with Crippen molar-refractivity contribution in [2.45, 2.75) is 18.5 Å². The number of nitrogens with zero attached hydrogens (tertiary/aromatic N) is 1. The number of sulfonamides is 1. The van der Waals surface area contributed by atoms with Crippen molar-refractivity contribution >= 4 is 33.5 Å². The number of esters is 1. The van der Waals surface area contributed by atoms with Gasteiger partial charge in [-0.15, -0.1) is 0 Å². The predicted octanol–water partition coefficient (Wildman–Crippen LogP) is 2.69. The van der Waals surface area contributed by atoms with Crippen LogP contribution in [0.3, 0.4) is 0 Å². The van der Waals surface area contributed by atoms with Gasteiger partial charge in [-0.05, 0) is 36.8 Å². The van der Waals surface area contributed by atoms with E-state index in [0.717, 1.165) is 6.26 Å². The van der Waals surface area contributed by atoms with Crippen LogP contribution in [0, 0.1) is 0 Å². The smallest absolute Gasteiger partial charge is 0.342 e. The zero-order chi connectivity index (χ0) is 18.9. The molecule has 0 radical (unpaired) electrons. The zero-order valence-corrected chi connectivity index (χ0v) is 15.7. The minimum Gasteiger partial charge on any atom is -0.405 e. The molecule has 1 aliphatic heterocycles. The largest absolute Gasteiger partial charge is 0.405 e. The molecule has 0 saturated heterocycles. The molecule has 3 rings (SSSR count). The number of hydrogen-bond acceptors (Lipinski definition) is 5. The number of carbonyl (C=O) groups is 1. The Hall–Kier alpha value is -2.22. The van der Waals surface area contributed by atoms with Gasteiger partial charge in [0.05, 0.1) is 12.3 Å². The Labute approximate surface area is 156 Å². The summed E-state index contributed by atoms with van der Waals surface area (Å²) in [4.78, 5) is 17.1. The average Bonchev–Trinajstić information content (AvgIpc) is 2.89. The zero-order valence-electron chi connectivity index (χ0n) is 14.1. The minimum absolute atomic E-state index is 0.153. The second-order valence-corrected chi connectivity index (χ2v) is 8.41. The fourth-order valence-electron chi connectivity index (χ4n) is 2.76. The first-order valence-corrected chi connectivity index (χ1v) is 10.1. The van der Waals surface area contributed by atoms with Crippen molar-refractivity contribution in [1.82, 2.24) is 4.72 Å². The third kappa shape index (κ3) is 3.80. The molecule has 136 valence electrons. The summed E-state index contributed by atoms with van der Waals surface area (Å²) in [6, 6.07) is 14.6. The summed E-state index contributed by atoms with van der Waals surface area (Å²) in [6.07, 6.45) is 1.02. The Kier molecular flexibility index (Phi) is 4.88. The minimum atomic E-state index is -3.64. The van der Waals surface area contributed by atoms with Gasteiger partial charge in [0.25, 0.3) is 0 Å². The van der Waals surface area contributed by atoms with Crippen LogP contribution in [0.2, 0.25) is 5.02 Å². The molecule has 1 heterocycles. The van der Waals surface area contributed by atoms with Gasteiger partial charge in [-0.25, -0.2) is 22.9 Å². The van der Waals surface area contributed by atoms with Crippen LogP contribution in [0.25, 0.3) is 0 Å². The summed E-state index contributed by atoms with van der Waals surface area (Å²) in [5.74, 6) is -0.488. The van der Waals surface area contributed by atoms with Gasteiger partial charge in [-0.1, -0.05) is 41.9 Å². The lowest BCUT2D eigenvalue weighted by Crippen LogP contribution is -2.46. The van der Waals surface area contributed by atoms with Gasteiger partial charge in [0.2, 0.25) is 15.9 Å². The molecule has 6 nitrogen and oxygen atoms in total. The normalized spacial score (nSPS) is 21.2. The lowest BCUT2D eigenvalue weighted by molar-refractivity contribution is -0.139. The van der Waals surface area contributed by atoms with Crippen LogP contribution in [0.5, 0.6) is 0 Å². The molecule has 0 bridgehead atoms. The van der Waals surface area contributed by atoms with Crippen LogP contribution < -0.4 is 4.72 Å². The first-order valence-electron chi connectivity index (χ1n) is 7.79. The van der Waals surface area contributed by atoms with E-state index in [1.165, 1.54) is 6.92 Å². The monoisotopic (exact) mass is 392 g/mol. The van der Waals surface area contributed by atoms with Crippen molar-refractivity contribution in [3.05, 3.63) is 70.7 Å². The molecule has 1 aliphatic rings. The van der Waals surface area contributed by atoms with Crippen LogP contribution in [-0.2, 0) is 19.6 Å². The number of nitrogens with one attached hydrogen (secondary N) is 1. The van der Waals surface area contributed by atoms with E-state index in [2.05, 4.69) is 9.71 Å². The van der Waals surface area contributed by atoms with Gasteiger partial charge in [-0.2, -0.15) is 0 Å².